The van der Waals surface area contributed by atoms with E-state index in [1.807, 2.05) is 0 Å². The number of halogens is 1. The van der Waals surface area contributed by atoms with Gasteiger partial charge in [0.2, 0.25) is 11.9 Å². The van der Waals surface area contributed by atoms with Crippen LogP contribution in [0.3, 0.4) is 0 Å². The normalized spacial score (nSPS) is 10.6. The zero-order chi connectivity index (χ0) is 24.8. The lowest BCUT2D eigenvalue weighted by Crippen LogP contribution is -2.45. The van der Waals surface area contributed by atoms with E-state index in [1.54, 1.807) is 67.0 Å². The van der Waals surface area contributed by atoms with Gasteiger partial charge in [0.1, 0.15) is 12.3 Å². The number of aromatic nitrogens is 5. The minimum absolute atomic E-state index is 0.0168. The third-order valence-electron chi connectivity index (χ3n) is 4.85. The fourth-order valence-electron chi connectivity index (χ4n) is 3.08. The molecular formula is C23H20ClN7O4. The lowest BCUT2D eigenvalue weighted by molar-refractivity contribution is -0.121. The van der Waals surface area contributed by atoms with Gasteiger partial charge in [0.15, 0.2) is 0 Å². The number of ether oxygens (including phenoxy) is 1. The summed E-state index contributed by atoms with van der Waals surface area (Å²) in [4.78, 5) is 49.6. The molecule has 0 spiro atoms. The number of carbonyl (C=O) groups excluding carboxylic acids is 1. The molecule has 0 aliphatic heterocycles. The minimum atomic E-state index is -0.852. The van der Waals surface area contributed by atoms with Crippen LogP contribution in [0.15, 0.2) is 76.6 Å². The van der Waals surface area contributed by atoms with Crippen molar-refractivity contribution in [3.8, 4) is 11.8 Å². The maximum atomic E-state index is 13.2. The number of carbonyl (C=O) groups is 1. The largest absolute Gasteiger partial charge is 0.424 e. The van der Waals surface area contributed by atoms with Gasteiger partial charge < -0.3 is 15.4 Å². The SMILES string of the molecule is CNC(=O)Cn1c(=O)nc(Nc2ccc(Oc3ncccn3)cc2)n(Cc2ccc(Cl)cc2)c1=O. The summed E-state index contributed by atoms with van der Waals surface area (Å²) in [5.74, 6) is 0.0140. The second-order valence-electron chi connectivity index (χ2n) is 7.26. The van der Waals surface area contributed by atoms with Crippen LogP contribution in [-0.2, 0) is 17.9 Å². The number of amides is 1. The molecule has 11 nitrogen and oxygen atoms in total. The van der Waals surface area contributed by atoms with Crippen molar-refractivity contribution in [2.75, 3.05) is 12.4 Å². The van der Waals surface area contributed by atoms with Crippen molar-refractivity contribution in [3.05, 3.63) is 98.5 Å². The number of nitrogens with zero attached hydrogens (tertiary/aromatic N) is 5. The molecule has 0 bridgehead atoms. The minimum Gasteiger partial charge on any atom is -0.424 e. The number of rotatable bonds is 8. The van der Waals surface area contributed by atoms with Crippen LogP contribution in [0.2, 0.25) is 5.02 Å². The molecule has 2 N–H and O–H groups in total. The fourth-order valence-corrected chi connectivity index (χ4v) is 3.20. The molecule has 2 aromatic carbocycles. The van der Waals surface area contributed by atoms with E-state index < -0.39 is 23.8 Å². The molecule has 35 heavy (non-hydrogen) atoms. The Balaban J connectivity index is 1.66. The van der Waals surface area contributed by atoms with E-state index in [2.05, 4.69) is 25.6 Å². The molecular weight excluding hydrogens is 474 g/mol. The van der Waals surface area contributed by atoms with E-state index in [0.29, 0.717) is 16.5 Å². The number of anilines is 2. The highest BCUT2D eigenvalue weighted by Gasteiger charge is 2.16. The van der Waals surface area contributed by atoms with Crippen LogP contribution in [0.5, 0.6) is 11.8 Å². The number of hydrogen-bond acceptors (Lipinski definition) is 8. The summed E-state index contributed by atoms with van der Waals surface area (Å²) in [5.41, 5.74) is -0.244. The van der Waals surface area contributed by atoms with Gasteiger partial charge >= 0.3 is 17.4 Å². The van der Waals surface area contributed by atoms with Crippen molar-refractivity contribution in [2.24, 2.45) is 0 Å². The van der Waals surface area contributed by atoms with Gasteiger partial charge in [-0.05, 0) is 48.0 Å². The Bertz CT molecular complexity index is 1440. The zero-order valence-electron chi connectivity index (χ0n) is 18.5. The third kappa shape index (κ3) is 5.89. The highest BCUT2D eigenvalue weighted by molar-refractivity contribution is 6.30. The quantitative estimate of drug-likeness (QED) is 0.381. The average Bonchev–Trinajstić information content (AvgIpc) is 2.87. The van der Waals surface area contributed by atoms with Gasteiger partial charge in [-0.3, -0.25) is 9.36 Å². The van der Waals surface area contributed by atoms with Crippen LogP contribution >= 0.6 is 11.6 Å². The first-order valence-corrected chi connectivity index (χ1v) is 10.8. The first kappa shape index (κ1) is 23.6. The molecule has 0 aliphatic rings. The Morgan fingerprint density at radius 2 is 1.69 bits per heavy atom. The molecule has 178 valence electrons. The summed E-state index contributed by atoms with van der Waals surface area (Å²) in [5, 5.41) is 5.94. The van der Waals surface area contributed by atoms with Gasteiger partial charge in [0.25, 0.3) is 0 Å². The van der Waals surface area contributed by atoms with E-state index in [9.17, 15) is 14.4 Å². The Kier molecular flexibility index (Phi) is 7.17. The molecule has 0 unspecified atom stereocenters. The maximum Gasteiger partial charge on any atom is 0.355 e. The summed E-state index contributed by atoms with van der Waals surface area (Å²) in [6.45, 7) is -0.360. The second kappa shape index (κ2) is 10.6. The fraction of sp³-hybridized carbons (Fsp3) is 0.130. The Morgan fingerprint density at radius 1 is 1.00 bits per heavy atom. The molecule has 12 heteroatoms. The van der Waals surface area contributed by atoms with Crippen LogP contribution in [0.25, 0.3) is 0 Å². The summed E-state index contributed by atoms with van der Waals surface area (Å²) >= 11 is 5.97. The molecule has 0 fully saturated rings. The zero-order valence-corrected chi connectivity index (χ0v) is 19.3. The number of likely N-dealkylation sites (N-methyl/N-ethyl adjacent to an activating group) is 1. The molecule has 2 heterocycles. The van der Waals surface area contributed by atoms with Crippen LogP contribution in [-0.4, -0.2) is 37.0 Å². The van der Waals surface area contributed by atoms with Gasteiger partial charge in [0.05, 0.1) is 6.54 Å². The van der Waals surface area contributed by atoms with Crippen molar-refractivity contribution >= 4 is 29.1 Å². The molecule has 0 atom stereocenters. The van der Waals surface area contributed by atoms with Crippen molar-refractivity contribution in [3.63, 3.8) is 0 Å². The molecule has 1 amide bonds. The van der Waals surface area contributed by atoms with E-state index in [0.717, 1.165) is 10.1 Å². The van der Waals surface area contributed by atoms with Gasteiger partial charge in [-0.25, -0.2) is 24.1 Å². The Hall–Kier alpha value is -4.51. The number of hydrogen-bond donors (Lipinski definition) is 2. The van der Waals surface area contributed by atoms with E-state index in [-0.39, 0.29) is 18.5 Å². The Labute approximate surface area is 204 Å². The Morgan fingerprint density at radius 3 is 2.34 bits per heavy atom. The average molecular weight is 494 g/mol. The lowest BCUT2D eigenvalue weighted by atomic mass is 10.2. The molecule has 0 radical (unpaired) electrons. The van der Waals surface area contributed by atoms with Gasteiger partial charge in [-0.1, -0.05) is 23.7 Å². The van der Waals surface area contributed by atoms with Crippen molar-refractivity contribution in [2.45, 2.75) is 13.1 Å². The molecule has 4 aromatic rings. The third-order valence-corrected chi connectivity index (χ3v) is 5.10. The van der Waals surface area contributed by atoms with Crippen molar-refractivity contribution in [1.82, 2.24) is 29.4 Å². The molecule has 0 saturated carbocycles. The molecule has 0 saturated heterocycles. The monoisotopic (exact) mass is 493 g/mol. The van der Waals surface area contributed by atoms with E-state index in [4.69, 9.17) is 16.3 Å². The predicted molar refractivity (Wildman–Crippen MR) is 129 cm³/mol. The van der Waals surface area contributed by atoms with Crippen LogP contribution in [0, 0.1) is 0 Å². The summed E-state index contributed by atoms with van der Waals surface area (Å²) in [6, 6.07) is 15.5. The molecule has 0 aliphatic carbocycles. The summed E-state index contributed by atoms with van der Waals surface area (Å²) in [7, 11) is 1.42. The highest BCUT2D eigenvalue weighted by atomic mass is 35.5. The first-order chi connectivity index (χ1) is 16.9. The van der Waals surface area contributed by atoms with Crippen LogP contribution in [0.1, 0.15) is 5.56 Å². The topological polar surface area (TPSA) is 133 Å². The second-order valence-corrected chi connectivity index (χ2v) is 7.69. The predicted octanol–water partition coefficient (Wildman–Crippen LogP) is 2.18. The molecule has 4 rings (SSSR count). The van der Waals surface area contributed by atoms with E-state index >= 15 is 0 Å². The molecule has 2 aromatic heterocycles. The van der Waals surface area contributed by atoms with Gasteiger partial charge in [-0.2, -0.15) is 4.98 Å². The van der Waals surface area contributed by atoms with Crippen LogP contribution in [0.4, 0.5) is 11.6 Å². The van der Waals surface area contributed by atoms with E-state index in [1.165, 1.54) is 11.6 Å². The summed E-state index contributed by atoms with van der Waals surface area (Å²) < 4.78 is 7.62. The highest BCUT2D eigenvalue weighted by Crippen LogP contribution is 2.21. The maximum absolute atomic E-state index is 13.2. The first-order valence-electron chi connectivity index (χ1n) is 10.4. The number of benzene rings is 2. The number of nitrogens with one attached hydrogen (secondary N) is 2. The van der Waals surface area contributed by atoms with Crippen molar-refractivity contribution in [1.29, 1.82) is 0 Å². The van der Waals surface area contributed by atoms with Crippen LogP contribution < -0.4 is 26.7 Å². The van der Waals surface area contributed by atoms with Gasteiger partial charge in [0, 0.05) is 30.2 Å². The van der Waals surface area contributed by atoms with Gasteiger partial charge in [-0.15, -0.1) is 0 Å². The smallest absolute Gasteiger partial charge is 0.355 e. The van der Waals surface area contributed by atoms with Crippen molar-refractivity contribution < 1.29 is 9.53 Å². The lowest BCUT2D eigenvalue weighted by Gasteiger charge is -2.15. The standard InChI is InChI=1S/C23H20ClN7O4/c1-25-19(32)14-31-22(33)29-20(30(23(31)34)13-15-3-5-16(24)6-4-15)28-17-7-9-18(10-8-17)35-21-26-11-2-12-27-21/h2-12H,13-14H2,1H3,(H,25,32)(H,28,29,33). The summed E-state index contributed by atoms with van der Waals surface area (Å²) in [6.07, 6.45) is 3.13.